The van der Waals surface area contributed by atoms with Gasteiger partial charge in [-0.05, 0) is 69.2 Å². The molecule has 208 valence electrons. The van der Waals surface area contributed by atoms with E-state index in [2.05, 4.69) is 38.5 Å². The number of fused-ring (bicyclic) bond motifs is 1. The Balaban J connectivity index is 1.15. The Bertz CT molecular complexity index is 1640. The number of piperidine rings is 2. The molecule has 4 aromatic rings. The Kier molecular flexibility index (Phi) is 6.03. The van der Waals surface area contributed by atoms with Crippen molar-refractivity contribution < 1.29 is 14.3 Å². The molecule has 0 aromatic carbocycles. The third-order valence-corrected chi connectivity index (χ3v) is 8.96. The van der Waals surface area contributed by atoms with Crippen molar-refractivity contribution >= 4 is 22.9 Å². The van der Waals surface area contributed by atoms with Gasteiger partial charge >= 0.3 is 0 Å². The fourth-order valence-electron chi connectivity index (χ4n) is 7.46. The van der Waals surface area contributed by atoms with Crippen molar-refractivity contribution in [3.63, 3.8) is 0 Å². The van der Waals surface area contributed by atoms with Crippen molar-refractivity contribution in [2.45, 2.75) is 51.1 Å². The number of aromatic nitrogens is 4. The number of rotatable bonds is 7. The molecule has 41 heavy (non-hydrogen) atoms. The molecule has 4 fully saturated rings. The lowest BCUT2D eigenvalue weighted by Gasteiger charge is -2.61. The molecule has 1 N–H and O–H groups in total. The zero-order valence-corrected chi connectivity index (χ0v) is 23.1. The Morgan fingerprint density at radius 2 is 1.95 bits per heavy atom. The average molecular weight is 550 g/mol. The summed E-state index contributed by atoms with van der Waals surface area (Å²) >= 11 is 0. The normalized spacial score (nSPS) is 24.3. The van der Waals surface area contributed by atoms with Gasteiger partial charge in [-0.3, -0.25) is 4.79 Å². The minimum atomic E-state index is -0.367. The van der Waals surface area contributed by atoms with Crippen molar-refractivity contribution in [3.8, 4) is 28.8 Å². The van der Waals surface area contributed by atoms with Crippen LogP contribution in [0.1, 0.15) is 44.6 Å². The maximum absolute atomic E-state index is 13.6. The van der Waals surface area contributed by atoms with E-state index in [4.69, 9.17) is 14.5 Å². The number of nitrogens with zero attached hydrogens (tertiary/aromatic N) is 6. The van der Waals surface area contributed by atoms with E-state index >= 15 is 0 Å². The Labute approximate surface area is 237 Å². The number of amides is 1. The summed E-state index contributed by atoms with van der Waals surface area (Å²) in [5.74, 6) is 2.78. The molecule has 4 bridgehead atoms. The second kappa shape index (κ2) is 9.77. The number of pyridine rings is 3. The molecule has 1 amide bonds. The van der Waals surface area contributed by atoms with Crippen molar-refractivity contribution in [3.05, 3.63) is 60.7 Å². The highest BCUT2D eigenvalue weighted by atomic mass is 16.5. The fourth-order valence-corrected chi connectivity index (χ4v) is 7.46. The van der Waals surface area contributed by atoms with Crippen LogP contribution >= 0.6 is 0 Å². The minimum Gasteiger partial charge on any atom is -0.492 e. The van der Waals surface area contributed by atoms with Crippen molar-refractivity contribution in [2.24, 2.45) is 11.3 Å². The molecule has 4 aliphatic rings. The Hall–Kier alpha value is -4.65. The maximum Gasteiger partial charge on any atom is 0.230 e. The van der Waals surface area contributed by atoms with Gasteiger partial charge in [0.25, 0.3) is 0 Å². The van der Waals surface area contributed by atoms with Crippen LogP contribution in [-0.4, -0.2) is 51.3 Å². The van der Waals surface area contributed by atoms with E-state index in [1.165, 1.54) is 0 Å². The van der Waals surface area contributed by atoms with Gasteiger partial charge in [0.2, 0.25) is 11.8 Å². The van der Waals surface area contributed by atoms with E-state index in [-0.39, 0.29) is 23.4 Å². The van der Waals surface area contributed by atoms with Crippen LogP contribution in [0.15, 0.2) is 55.1 Å². The molecule has 2 unspecified atom stereocenters. The highest BCUT2D eigenvalue weighted by Gasteiger charge is 2.58. The molecule has 10 heteroatoms. The fraction of sp³-hybridized carbons (Fsp3) is 0.387. The second-order valence-corrected chi connectivity index (χ2v) is 11.4. The highest BCUT2D eigenvalue weighted by Crippen LogP contribution is 2.57. The summed E-state index contributed by atoms with van der Waals surface area (Å²) in [5, 5.41) is 17.2. The summed E-state index contributed by atoms with van der Waals surface area (Å²) in [7, 11) is 1.58. The molecule has 0 spiro atoms. The number of nitriles is 1. The Morgan fingerprint density at radius 1 is 1.12 bits per heavy atom. The molecule has 2 saturated heterocycles. The lowest BCUT2D eigenvalue weighted by molar-refractivity contribution is -0.134. The first-order chi connectivity index (χ1) is 20.0. The molecule has 4 aromatic heterocycles. The van der Waals surface area contributed by atoms with Crippen molar-refractivity contribution in [1.82, 2.24) is 19.6 Å². The number of carbonyl (C=O) groups is 1. The van der Waals surface area contributed by atoms with Crippen LogP contribution in [0.3, 0.4) is 0 Å². The Morgan fingerprint density at radius 3 is 2.61 bits per heavy atom. The predicted octanol–water partition coefficient (Wildman–Crippen LogP) is 4.85. The smallest absolute Gasteiger partial charge is 0.230 e. The number of ether oxygens (including phenoxy) is 2. The molecule has 10 nitrogen and oxygen atoms in total. The van der Waals surface area contributed by atoms with Gasteiger partial charge in [0.15, 0.2) is 0 Å². The predicted molar refractivity (Wildman–Crippen MR) is 153 cm³/mol. The number of anilines is 2. The molecule has 2 saturated carbocycles. The van der Waals surface area contributed by atoms with Gasteiger partial charge in [-0.2, -0.15) is 10.4 Å². The SMILES string of the molecule is CCOc1cc(-c2ccc(N3C4CC5CC3CC(C(=O)Nc3ccc(OC)nc3)(C5)C4)nc2)c2c(C#N)cnn2c1. The molecular formula is C31H31N7O3. The summed E-state index contributed by atoms with van der Waals surface area (Å²) in [6.45, 7) is 2.47. The molecule has 2 atom stereocenters. The topological polar surface area (TPSA) is 118 Å². The van der Waals surface area contributed by atoms with E-state index in [9.17, 15) is 10.1 Å². The summed E-state index contributed by atoms with van der Waals surface area (Å²) in [4.78, 5) is 25.2. The van der Waals surface area contributed by atoms with Gasteiger partial charge in [-0.25, -0.2) is 14.5 Å². The van der Waals surface area contributed by atoms with Crippen LogP contribution in [0.5, 0.6) is 11.6 Å². The number of nitrogens with one attached hydrogen (secondary N) is 1. The monoisotopic (exact) mass is 549 g/mol. The van der Waals surface area contributed by atoms with Crippen LogP contribution in [0.4, 0.5) is 11.5 Å². The summed E-state index contributed by atoms with van der Waals surface area (Å²) in [5.41, 5.74) is 3.32. The highest BCUT2D eigenvalue weighted by molar-refractivity contribution is 5.96. The first-order valence-corrected chi connectivity index (χ1v) is 14.1. The zero-order valence-electron chi connectivity index (χ0n) is 23.1. The van der Waals surface area contributed by atoms with E-state index in [1.807, 2.05) is 25.3 Å². The summed E-state index contributed by atoms with van der Waals surface area (Å²) < 4.78 is 12.6. The van der Waals surface area contributed by atoms with Gasteiger partial charge in [0.1, 0.15) is 17.6 Å². The first kappa shape index (κ1) is 25.3. The third kappa shape index (κ3) is 4.24. The average Bonchev–Trinajstić information content (AvgIpc) is 3.40. The van der Waals surface area contributed by atoms with Gasteiger partial charge in [-0.15, -0.1) is 0 Å². The van der Waals surface area contributed by atoms with Crippen LogP contribution in [-0.2, 0) is 4.79 Å². The number of hydrogen-bond acceptors (Lipinski definition) is 8. The van der Waals surface area contributed by atoms with E-state index < -0.39 is 0 Å². The number of hydrogen-bond donors (Lipinski definition) is 1. The van der Waals surface area contributed by atoms with E-state index in [0.717, 1.165) is 54.6 Å². The first-order valence-electron chi connectivity index (χ1n) is 14.1. The van der Waals surface area contributed by atoms with Gasteiger partial charge < -0.3 is 19.7 Å². The molecule has 8 rings (SSSR count). The third-order valence-electron chi connectivity index (χ3n) is 8.96. The number of methoxy groups -OCH3 is 1. The molecule has 0 radical (unpaired) electrons. The standard InChI is InChI=1S/C31H31N7O3/c1-3-41-25-10-26(29-21(14-32)16-35-37(29)18-25)20-4-6-27(33-15-20)38-23-8-19-9-24(38)13-31(11-19,12-23)30(39)36-22-5-7-28(40-2)34-17-22/h4-7,10,15-19,23-24H,3,8-9,11-13H2,1-2H3,(H,36,39). The molecule has 6 heterocycles. The van der Waals surface area contributed by atoms with Crippen LogP contribution in [0.2, 0.25) is 0 Å². The molecule has 2 aliphatic heterocycles. The van der Waals surface area contributed by atoms with Gasteiger partial charge in [0, 0.05) is 35.5 Å². The summed E-state index contributed by atoms with van der Waals surface area (Å²) in [6.07, 6.45) is 11.6. The quantitative estimate of drug-likeness (QED) is 0.348. The van der Waals surface area contributed by atoms with Crippen molar-refractivity contribution in [1.29, 1.82) is 5.26 Å². The minimum absolute atomic E-state index is 0.0964. The van der Waals surface area contributed by atoms with Gasteiger partial charge in [-0.1, -0.05) is 0 Å². The maximum atomic E-state index is 13.6. The van der Waals surface area contributed by atoms with Crippen molar-refractivity contribution in [2.75, 3.05) is 23.9 Å². The molecular weight excluding hydrogens is 518 g/mol. The van der Waals surface area contributed by atoms with Crippen LogP contribution < -0.4 is 19.7 Å². The lowest BCUT2D eigenvalue weighted by atomic mass is 9.55. The molecule has 2 aliphatic carbocycles. The van der Waals surface area contributed by atoms with Gasteiger partial charge in [0.05, 0.1) is 54.5 Å². The van der Waals surface area contributed by atoms with E-state index in [0.29, 0.717) is 35.4 Å². The second-order valence-electron chi connectivity index (χ2n) is 11.4. The lowest BCUT2D eigenvalue weighted by Crippen LogP contribution is -2.64. The van der Waals surface area contributed by atoms with E-state index in [1.54, 1.807) is 36.3 Å². The largest absolute Gasteiger partial charge is 0.492 e. The number of carbonyl (C=O) groups excluding carboxylic acids is 1. The van der Waals surface area contributed by atoms with Crippen LogP contribution in [0.25, 0.3) is 16.6 Å². The zero-order chi connectivity index (χ0) is 28.1. The summed E-state index contributed by atoms with van der Waals surface area (Å²) in [6, 6.07) is 12.5. The van der Waals surface area contributed by atoms with Crippen LogP contribution in [0, 0.1) is 22.7 Å².